The minimum Gasteiger partial charge on any atom is -0.369 e. The lowest BCUT2D eigenvalue weighted by Crippen LogP contribution is -2.07. The van der Waals surface area contributed by atoms with Gasteiger partial charge in [-0.15, -0.1) is 0 Å². The van der Waals surface area contributed by atoms with Crippen LogP contribution in [0.4, 0.5) is 5.95 Å². The van der Waals surface area contributed by atoms with Gasteiger partial charge in [0.1, 0.15) is 0 Å². The van der Waals surface area contributed by atoms with Gasteiger partial charge < -0.3 is 15.3 Å². The molecule has 2 rings (SSSR count). The maximum absolute atomic E-state index is 5.62. The van der Waals surface area contributed by atoms with E-state index in [0.29, 0.717) is 11.9 Å². The summed E-state index contributed by atoms with van der Waals surface area (Å²) in [6.45, 7) is 9.78. The van der Waals surface area contributed by atoms with Crippen LogP contribution >= 0.6 is 0 Å². The number of H-pyrrole nitrogens is 1. The van der Waals surface area contributed by atoms with Crippen molar-refractivity contribution in [2.75, 3.05) is 5.73 Å². The molecule has 0 aliphatic rings. The lowest BCUT2D eigenvalue weighted by molar-refractivity contribution is 0.509. The zero-order valence-electron chi connectivity index (χ0n) is 10.9. The highest BCUT2D eigenvalue weighted by Gasteiger charge is 2.12. The van der Waals surface area contributed by atoms with Crippen LogP contribution in [-0.4, -0.2) is 14.5 Å². The Labute approximate surface area is 102 Å². The molecule has 0 radical (unpaired) electrons. The Morgan fingerprint density at radius 2 is 2.12 bits per heavy atom. The molecule has 0 saturated carbocycles. The van der Waals surface area contributed by atoms with E-state index in [4.69, 9.17) is 5.73 Å². The Balaban J connectivity index is 2.43. The molecule has 2 heterocycles. The number of nitrogens with one attached hydrogen (secondary N) is 1. The van der Waals surface area contributed by atoms with E-state index in [1.165, 1.54) is 17.0 Å². The Hall–Kier alpha value is -1.71. The quantitative estimate of drug-likeness (QED) is 0.854. The zero-order valence-corrected chi connectivity index (χ0v) is 10.9. The number of nitrogen functional groups attached to an aromatic ring is 1. The number of hydrogen-bond donors (Lipinski definition) is 2. The summed E-state index contributed by atoms with van der Waals surface area (Å²) < 4.78 is 2.34. The largest absolute Gasteiger partial charge is 0.369 e. The molecular formula is C13H20N4. The minimum absolute atomic E-state index is 0.466. The second kappa shape index (κ2) is 4.28. The van der Waals surface area contributed by atoms with Crippen LogP contribution in [0.5, 0.6) is 0 Å². The third-order valence-electron chi connectivity index (χ3n) is 3.01. The van der Waals surface area contributed by atoms with Crippen molar-refractivity contribution in [3.8, 4) is 11.3 Å². The average molecular weight is 232 g/mol. The number of aromatic amines is 1. The minimum atomic E-state index is 0.466. The van der Waals surface area contributed by atoms with Gasteiger partial charge in [-0.1, -0.05) is 13.8 Å². The second-order valence-corrected chi connectivity index (χ2v) is 4.97. The van der Waals surface area contributed by atoms with E-state index in [1.54, 1.807) is 6.20 Å². The summed E-state index contributed by atoms with van der Waals surface area (Å²) in [5.41, 5.74) is 10.3. The van der Waals surface area contributed by atoms with Crippen LogP contribution in [0.1, 0.15) is 25.2 Å². The Morgan fingerprint density at radius 1 is 1.41 bits per heavy atom. The predicted molar refractivity (Wildman–Crippen MR) is 70.7 cm³/mol. The van der Waals surface area contributed by atoms with Gasteiger partial charge in [0.05, 0.1) is 11.9 Å². The number of rotatable bonds is 3. The second-order valence-electron chi connectivity index (χ2n) is 4.97. The van der Waals surface area contributed by atoms with Crippen LogP contribution in [0.2, 0.25) is 0 Å². The van der Waals surface area contributed by atoms with E-state index in [2.05, 4.69) is 48.3 Å². The van der Waals surface area contributed by atoms with Crippen LogP contribution in [0.3, 0.4) is 0 Å². The van der Waals surface area contributed by atoms with Gasteiger partial charge in [0.25, 0.3) is 0 Å². The lowest BCUT2D eigenvalue weighted by Gasteiger charge is -2.12. The summed E-state index contributed by atoms with van der Waals surface area (Å²) in [7, 11) is 0. The molecule has 3 N–H and O–H groups in total. The molecule has 0 atom stereocenters. The van der Waals surface area contributed by atoms with Gasteiger partial charge in [-0.05, 0) is 25.8 Å². The van der Waals surface area contributed by atoms with Crippen LogP contribution in [0.25, 0.3) is 11.3 Å². The molecule has 0 unspecified atom stereocenters. The van der Waals surface area contributed by atoms with E-state index >= 15 is 0 Å². The van der Waals surface area contributed by atoms with Crippen LogP contribution < -0.4 is 5.73 Å². The summed E-state index contributed by atoms with van der Waals surface area (Å²) in [6, 6.07) is 2.19. The van der Waals surface area contributed by atoms with Crippen molar-refractivity contribution < 1.29 is 0 Å². The summed E-state index contributed by atoms with van der Waals surface area (Å²) in [4.78, 5) is 7.13. The van der Waals surface area contributed by atoms with Gasteiger partial charge in [-0.2, -0.15) is 0 Å². The molecule has 0 aliphatic carbocycles. The molecule has 4 nitrogen and oxygen atoms in total. The van der Waals surface area contributed by atoms with Gasteiger partial charge in [0.2, 0.25) is 0 Å². The Morgan fingerprint density at radius 3 is 2.65 bits per heavy atom. The molecule has 2 aromatic rings. The van der Waals surface area contributed by atoms with Crippen molar-refractivity contribution in [3.05, 3.63) is 23.7 Å². The number of aromatic nitrogens is 3. The van der Waals surface area contributed by atoms with E-state index in [-0.39, 0.29) is 0 Å². The van der Waals surface area contributed by atoms with Crippen LogP contribution in [0, 0.1) is 19.8 Å². The summed E-state index contributed by atoms with van der Waals surface area (Å²) in [6.07, 6.45) is 1.79. The maximum atomic E-state index is 5.62. The normalized spacial score (nSPS) is 11.4. The standard InChI is InChI=1S/C13H20N4/c1-8(2)7-17-9(3)5-11(10(17)4)12-6-15-13(14)16-12/h5-6,8H,7H2,1-4H3,(H3,14,15,16). The number of nitrogens with zero attached hydrogens (tertiary/aromatic N) is 2. The summed E-state index contributed by atoms with van der Waals surface area (Å²) >= 11 is 0. The number of hydrogen-bond acceptors (Lipinski definition) is 2. The molecule has 0 aliphatic heterocycles. The van der Waals surface area contributed by atoms with Crippen molar-refractivity contribution >= 4 is 5.95 Å². The van der Waals surface area contributed by atoms with Crippen LogP contribution in [0.15, 0.2) is 12.3 Å². The molecule has 92 valence electrons. The van der Waals surface area contributed by atoms with Crippen molar-refractivity contribution in [2.24, 2.45) is 5.92 Å². The molecule has 17 heavy (non-hydrogen) atoms. The topological polar surface area (TPSA) is 59.6 Å². The van der Waals surface area contributed by atoms with Crippen molar-refractivity contribution in [1.29, 1.82) is 0 Å². The van der Waals surface area contributed by atoms with E-state index in [1.807, 2.05) is 0 Å². The SMILES string of the molecule is Cc1cc(-c2cnc(N)[nH]2)c(C)n1CC(C)C. The van der Waals surface area contributed by atoms with Crippen molar-refractivity contribution in [1.82, 2.24) is 14.5 Å². The van der Waals surface area contributed by atoms with Gasteiger partial charge in [0, 0.05) is 23.5 Å². The number of nitrogens with two attached hydrogens (primary N) is 1. The number of aryl methyl sites for hydroxylation is 1. The monoisotopic (exact) mass is 232 g/mol. The van der Waals surface area contributed by atoms with E-state index < -0.39 is 0 Å². The number of imidazole rings is 1. The fourth-order valence-corrected chi connectivity index (χ4v) is 2.19. The average Bonchev–Trinajstić information content (AvgIpc) is 2.76. The first-order valence-electron chi connectivity index (χ1n) is 5.96. The number of anilines is 1. The molecule has 0 saturated heterocycles. The first-order valence-corrected chi connectivity index (χ1v) is 5.96. The maximum Gasteiger partial charge on any atom is 0.197 e. The van der Waals surface area contributed by atoms with Crippen LogP contribution in [-0.2, 0) is 6.54 Å². The van der Waals surface area contributed by atoms with Gasteiger partial charge in [-0.3, -0.25) is 0 Å². The Kier molecular flexibility index (Phi) is 2.96. The zero-order chi connectivity index (χ0) is 12.6. The first-order chi connectivity index (χ1) is 7.99. The fourth-order valence-electron chi connectivity index (χ4n) is 2.19. The van der Waals surface area contributed by atoms with Crippen molar-refractivity contribution in [3.63, 3.8) is 0 Å². The molecule has 0 fully saturated rings. The molecule has 0 spiro atoms. The lowest BCUT2D eigenvalue weighted by atomic mass is 10.2. The summed E-state index contributed by atoms with van der Waals surface area (Å²) in [5, 5.41) is 0. The fraction of sp³-hybridized carbons (Fsp3) is 0.462. The highest BCUT2D eigenvalue weighted by molar-refractivity contribution is 5.64. The smallest absolute Gasteiger partial charge is 0.197 e. The van der Waals surface area contributed by atoms with Gasteiger partial charge in [-0.25, -0.2) is 4.98 Å². The molecule has 0 aromatic carbocycles. The van der Waals surface area contributed by atoms with Gasteiger partial charge in [0.15, 0.2) is 5.95 Å². The van der Waals surface area contributed by atoms with Gasteiger partial charge >= 0.3 is 0 Å². The highest BCUT2D eigenvalue weighted by atomic mass is 15.0. The summed E-state index contributed by atoms with van der Waals surface area (Å²) in [5.74, 6) is 1.10. The molecule has 0 bridgehead atoms. The third kappa shape index (κ3) is 2.20. The third-order valence-corrected chi connectivity index (χ3v) is 3.01. The van der Waals surface area contributed by atoms with Crippen molar-refractivity contribution in [2.45, 2.75) is 34.2 Å². The van der Waals surface area contributed by atoms with E-state index in [9.17, 15) is 0 Å². The highest BCUT2D eigenvalue weighted by Crippen LogP contribution is 2.26. The predicted octanol–water partition coefficient (Wildman–Crippen LogP) is 2.73. The first kappa shape index (κ1) is 11.8. The molecule has 0 amide bonds. The molecule has 4 heteroatoms. The molecule has 2 aromatic heterocycles. The van der Waals surface area contributed by atoms with E-state index in [0.717, 1.165) is 12.2 Å². The Bertz CT molecular complexity index is 520. The molecular weight excluding hydrogens is 212 g/mol.